The predicted molar refractivity (Wildman–Crippen MR) is 98.7 cm³/mol. The summed E-state index contributed by atoms with van der Waals surface area (Å²) in [4.78, 5) is 28.0. The maximum Gasteiger partial charge on any atom is 0.265 e. The van der Waals surface area contributed by atoms with Gasteiger partial charge in [0.05, 0.1) is 0 Å². The second-order valence-corrected chi connectivity index (χ2v) is 6.66. The summed E-state index contributed by atoms with van der Waals surface area (Å²) in [6, 6.07) is 6.05. The quantitative estimate of drug-likeness (QED) is 0.508. The van der Waals surface area contributed by atoms with Gasteiger partial charge in [-0.25, -0.2) is 0 Å². The van der Waals surface area contributed by atoms with Gasteiger partial charge in [0.2, 0.25) is 0 Å². The number of benzene rings is 1. The highest BCUT2D eigenvalue weighted by atomic mass is 32.1. The van der Waals surface area contributed by atoms with E-state index < -0.39 is 5.91 Å². The standard InChI is InChI=1S/C18H21N3O2S/c1-12-10-13(6-7-15(12)21-8-4-3-5-9-21)11-14-16(22)19-18(24)20(2)17(14)23/h6-7,10-11H,3-5,8-9H2,1-2H3,(H,19,22,24)/b14-11+. The lowest BCUT2D eigenvalue weighted by molar-refractivity contribution is -0.128. The summed E-state index contributed by atoms with van der Waals surface area (Å²) in [6.45, 7) is 4.24. The number of carbonyl (C=O) groups is 2. The molecule has 2 saturated heterocycles. The van der Waals surface area contributed by atoms with Crippen molar-refractivity contribution in [3.63, 3.8) is 0 Å². The van der Waals surface area contributed by atoms with Gasteiger partial charge < -0.3 is 4.90 Å². The number of hydrogen-bond acceptors (Lipinski definition) is 4. The minimum atomic E-state index is -0.444. The van der Waals surface area contributed by atoms with E-state index in [4.69, 9.17) is 12.2 Å². The van der Waals surface area contributed by atoms with Crippen molar-refractivity contribution in [1.29, 1.82) is 0 Å². The fourth-order valence-corrected chi connectivity index (χ4v) is 3.35. The van der Waals surface area contributed by atoms with E-state index in [9.17, 15) is 9.59 Å². The molecule has 0 unspecified atom stereocenters. The first kappa shape index (κ1) is 16.6. The van der Waals surface area contributed by atoms with Crippen LogP contribution in [-0.4, -0.2) is 42.0 Å². The zero-order valence-electron chi connectivity index (χ0n) is 14.0. The molecule has 2 aliphatic rings. The van der Waals surface area contributed by atoms with Gasteiger partial charge in [0.1, 0.15) is 5.57 Å². The molecule has 1 aromatic rings. The first-order valence-electron chi connectivity index (χ1n) is 8.18. The van der Waals surface area contributed by atoms with Crippen molar-refractivity contribution in [2.75, 3.05) is 25.0 Å². The number of hydrogen-bond donors (Lipinski definition) is 1. The Balaban J connectivity index is 1.87. The van der Waals surface area contributed by atoms with Gasteiger partial charge in [-0.05, 0) is 67.7 Å². The Kier molecular flexibility index (Phi) is 4.66. The molecule has 0 aliphatic carbocycles. The molecule has 2 heterocycles. The van der Waals surface area contributed by atoms with Crippen LogP contribution in [0.15, 0.2) is 23.8 Å². The zero-order valence-corrected chi connectivity index (χ0v) is 14.8. The Morgan fingerprint density at radius 3 is 2.54 bits per heavy atom. The molecule has 126 valence electrons. The molecule has 1 N–H and O–H groups in total. The number of carbonyl (C=O) groups excluding carboxylic acids is 2. The number of nitrogens with one attached hydrogen (secondary N) is 1. The second-order valence-electron chi connectivity index (χ2n) is 6.28. The molecule has 5 nitrogen and oxygen atoms in total. The van der Waals surface area contributed by atoms with Gasteiger partial charge in [0.15, 0.2) is 5.11 Å². The molecule has 0 saturated carbocycles. The first-order chi connectivity index (χ1) is 11.5. The summed E-state index contributed by atoms with van der Waals surface area (Å²) >= 11 is 4.95. The number of thiocarbonyl (C=S) groups is 1. The number of piperidine rings is 1. The molecule has 0 bridgehead atoms. The van der Waals surface area contributed by atoms with Gasteiger partial charge in [-0.1, -0.05) is 6.07 Å². The summed E-state index contributed by atoms with van der Waals surface area (Å²) in [5.41, 5.74) is 3.33. The Bertz CT molecular complexity index is 736. The monoisotopic (exact) mass is 343 g/mol. The van der Waals surface area contributed by atoms with Crippen molar-refractivity contribution in [3.05, 3.63) is 34.9 Å². The molecule has 0 radical (unpaired) electrons. The molecule has 2 fully saturated rings. The molecular formula is C18H21N3O2S. The average molecular weight is 343 g/mol. The van der Waals surface area contributed by atoms with Gasteiger partial charge in [-0.3, -0.25) is 19.8 Å². The first-order valence-corrected chi connectivity index (χ1v) is 8.59. The lowest BCUT2D eigenvalue weighted by Crippen LogP contribution is -2.52. The largest absolute Gasteiger partial charge is 0.371 e. The average Bonchev–Trinajstić information content (AvgIpc) is 2.58. The number of nitrogens with zero attached hydrogens (tertiary/aromatic N) is 2. The number of amides is 2. The van der Waals surface area contributed by atoms with Crippen LogP contribution in [0, 0.1) is 6.92 Å². The molecule has 1 aromatic carbocycles. The summed E-state index contributed by atoms with van der Waals surface area (Å²) in [5, 5.41) is 2.67. The summed E-state index contributed by atoms with van der Waals surface area (Å²) in [7, 11) is 1.56. The smallest absolute Gasteiger partial charge is 0.265 e. The van der Waals surface area contributed by atoms with Gasteiger partial charge in [-0.2, -0.15) is 0 Å². The fraction of sp³-hybridized carbons (Fsp3) is 0.389. The van der Waals surface area contributed by atoms with Gasteiger partial charge in [0.25, 0.3) is 11.8 Å². The van der Waals surface area contributed by atoms with Crippen LogP contribution in [0.25, 0.3) is 6.08 Å². The van der Waals surface area contributed by atoms with Crippen molar-refractivity contribution in [3.8, 4) is 0 Å². The lowest BCUT2D eigenvalue weighted by atomic mass is 10.0. The Hall–Kier alpha value is -2.21. The molecule has 2 aliphatic heterocycles. The van der Waals surface area contributed by atoms with Crippen molar-refractivity contribution in [2.24, 2.45) is 0 Å². The van der Waals surface area contributed by atoms with E-state index in [1.165, 1.54) is 29.8 Å². The summed E-state index contributed by atoms with van der Waals surface area (Å²) in [5.74, 6) is -0.817. The molecule has 3 rings (SSSR count). The number of anilines is 1. The molecule has 24 heavy (non-hydrogen) atoms. The van der Waals surface area contributed by atoms with Crippen molar-refractivity contribution >= 4 is 40.9 Å². The van der Waals surface area contributed by atoms with Crippen LogP contribution in [0.2, 0.25) is 0 Å². The van der Waals surface area contributed by atoms with E-state index in [0.29, 0.717) is 0 Å². The normalized spacial score (nSPS) is 20.6. The zero-order chi connectivity index (χ0) is 17.3. The highest BCUT2D eigenvalue weighted by Crippen LogP contribution is 2.26. The third-order valence-electron chi connectivity index (χ3n) is 4.53. The van der Waals surface area contributed by atoms with Crippen LogP contribution in [0.5, 0.6) is 0 Å². The van der Waals surface area contributed by atoms with E-state index in [-0.39, 0.29) is 16.6 Å². The van der Waals surface area contributed by atoms with E-state index in [1.54, 1.807) is 13.1 Å². The molecule has 0 atom stereocenters. The molecule has 0 aromatic heterocycles. The van der Waals surface area contributed by atoms with E-state index >= 15 is 0 Å². The maximum absolute atomic E-state index is 12.3. The predicted octanol–water partition coefficient (Wildman–Crippen LogP) is 2.24. The van der Waals surface area contributed by atoms with E-state index in [1.807, 2.05) is 12.1 Å². The summed E-state index contributed by atoms with van der Waals surface area (Å²) < 4.78 is 0. The van der Waals surface area contributed by atoms with E-state index in [0.717, 1.165) is 24.2 Å². The minimum absolute atomic E-state index is 0.108. The van der Waals surface area contributed by atoms with Crippen LogP contribution >= 0.6 is 12.2 Å². The SMILES string of the molecule is Cc1cc(/C=C2\C(=O)NC(=S)N(C)C2=O)ccc1N1CCCCC1. The van der Waals surface area contributed by atoms with Crippen LogP contribution < -0.4 is 10.2 Å². The Morgan fingerprint density at radius 1 is 1.17 bits per heavy atom. The maximum atomic E-state index is 12.3. The Morgan fingerprint density at radius 2 is 1.88 bits per heavy atom. The fourth-order valence-electron chi connectivity index (χ4n) is 3.17. The Labute approximate surface area is 147 Å². The van der Waals surface area contributed by atoms with Crippen molar-refractivity contribution in [2.45, 2.75) is 26.2 Å². The number of rotatable bonds is 2. The topological polar surface area (TPSA) is 52.7 Å². The van der Waals surface area contributed by atoms with Crippen molar-refractivity contribution < 1.29 is 9.59 Å². The van der Waals surface area contributed by atoms with Gasteiger partial charge in [-0.15, -0.1) is 0 Å². The number of likely N-dealkylation sites (N-methyl/N-ethyl adjacent to an activating group) is 1. The molecule has 2 amide bonds. The van der Waals surface area contributed by atoms with Gasteiger partial charge >= 0.3 is 0 Å². The van der Waals surface area contributed by atoms with E-state index in [2.05, 4.69) is 23.2 Å². The third kappa shape index (κ3) is 3.19. The van der Waals surface area contributed by atoms with Crippen LogP contribution in [0.4, 0.5) is 5.69 Å². The van der Waals surface area contributed by atoms with Crippen LogP contribution in [0.3, 0.4) is 0 Å². The second kappa shape index (κ2) is 6.73. The lowest BCUT2D eigenvalue weighted by Gasteiger charge is -2.30. The third-order valence-corrected chi connectivity index (χ3v) is 4.91. The van der Waals surface area contributed by atoms with Crippen LogP contribution in [-0.2, 0) is 9.59 Å². The van der Waals surface area contributed by atoms with Gasteiger partial charge in [0, 0.05) is 25.8 Å². The molecule has 6 heteroatoms. The van der Waals surface area contributed by atoms with Crippen molar-refractivity contribution in [1.82, 2.24) is 10.2 Å². The highest BCUT2D eigenvalue weighted by molar-refractivity contribution is 7.80. The minimum Gasteiger partial charge on any atom is -0.371 e. The number of aryl methyl sites for hydroxylation is 1. The molecular weight excluding hydrogens is 322 g/mol. The van der Waals surface area contributed by atoms with Crippen LogP contribution in [0.1, 0.15) is 30.4 Å². The summed E-state index contributed by atoms with van der Waals surface area (Å²) in [6.07, 6.45) is 5.38. The highest BCUT2D eigenvalue weighted by Gasteiger charge is 2.30. The molecule has 0 spiro atoms.